The molecule has 0 saturated carbocycles. The van der Waals surface area contributed by atoms with Crippen LogP contribution in [0.2, 0.25) is 0 Å². The number of halogens is 4. The van der Waals surface area contributed by atoms with Crippen LogP contribution in [0.3, 0.4) is 0 Å². The Morgan fingerprint density at radius 2 is 1.70 bits per heavy atom. The van der Waals surface area contributed by atoms with Crippen LogP contribution >= 0.6 is 0 Å². The first-order chi connectivity index (χ1) is 4.31. The van der Waals surface area contributed by atoms with Crippen LogP contribution in [0.5, 0.6) is 0 Å². The maximum atomic E-state index is 11.6. The molecule has 57 valence electrons. The summed E-state index contributed by atoms with van der Waals surface area (Å²) in [4.78, 5) is 0. The minimum absolute atomic E-state index is 0.785. The lowest BCUT2D eigenvalue weighted by Crippen LogP contribution is -2.38. The van der Waals surface area contributed by atoms with Crippen molar-refractivity contribution in [1.29, 1.82) is 5.26 Å². The molecule has 0 amide bonds. The molecule has 0 N–H and O–H groups in total. The highest BCUT2D eigenvalue weighted by atomic mass is 19.3. The summed E-state index contributed by atoms with van der Waals surface area (Å²) in [6, 6.07) is 0.785. The van der Waals surface area contributed by atoms with E-state index in [4.69, 9.17) is 5.26 Å². The summed E-state index contributed by atoms with van der Waals surface area (Å²) >= 11 is 0. The van der Waals surface area contributed by atoms with Crippen LogP contribution in [-0.4, -0.2) is 12.0 Å². The Morgan fingerprint density at radius 1 is 1.30 bits per heavy atom. The number of hydrogen-bond acceptors (Lipinski definition) is 1. The molecule has 0 saturated heterocycles. The van der Waals surface area contributed by atoms with E-state index in [0.717, 1.165) is 6.07 Å². The van der Waals surface area contributed by atoms with Crippen LogP contribution in [0, 0.1) is 11.3 Å². The molecule has 0 atom stereocenters. The Kier molecular flexibility index (Phi) is 2.22. The van der Waals surface area contributed by atoms with Crippen molar-refractivity contribution >= 4 is 0 Å². The summed E-state index contributed by atoms with van der Waals surface area (Å²) in [6.45, 7) is 0. The number of nitrogens with zero attached hydrogens (tertiary/aromatic N) is 1. The van der Waals surface area contributed by atoms with Crippen molar-refractivity contribution < 1.29 is 22.7 Å². The molecule has 0 spiro atoms. The monoisotopic (exact) mass is 156 g/mol. The Morgan fingerprint density at radius 3 is 1.80 bits per heavy atom. The van der Waals surface area contributed by atoms with E-state index in [1.54, 1.807) is 0 Å². The zero-order chi connectivity index (χ0) is 8.41. The standard InChI is InChI=1S/C4H2F4NO/c5-3(6,1-2-9)4(7,8)10/h1H2. The molecule has 10 heavy (non-hydrogen) atoms. The smallest absolute Gasteiger partial charge is 0.198 e. The van der Waals surface area contributed by atoms with E-state index in [-0.39, 0.29) is 0 Å². The predicted octanol–water partition coefficient (Wildman–Crippen LogP) is 1.56. The first-order valence-corrected chi connectivity index (χ1v) is 2.14. The second kappa shape index (κ2) is 2.42. The molecule has 0 aromatic rings. The highest BCUT2D eigenvalue weighted by molar-refractivity contribution is 4.86. The van der Waals surface area contributed by atoms with E-state index < -0.39 is 18.5 Å². The van der Waals surface area contributed by atoms with Crippen LogP contribution in [0.1, 0.15) is 6.42 Å². The molecule has 0 heterocycles. The molecule has 0 aliphatic rings. The van der Waals surface area contributed by atoms with Crippen LogP contribution < -0.4 is 0 Å². The number of rotatable bonds is 2. The van der Waals surface area contributed by atoms with Gasteiger partial charge in [0.05, 0.1) is 6.07 Å². The summed E-state index contributed by atoms with van der Waals surface area (Å²) in [6.07, 6.45) is -7.12. The molecule has 0 rings (SSSR count). The molecule has 0 unspecified atom stereocenters. The van der Waals surface area contributed by atoms with Gasteiger partial charge >= 0.3 is 12.0 Å². The Balaban J connectivity index is 4.28. The zero-order valence-electron chi connectivity index (χ0n) is 4.57. The van der Waals surface area contributed by atoms with Crippen LogP contribution in [0.4, 0.5) is 17.6 Å². The quantitative estimate of drug-likeness (QED) is 0.559. The Bertz CT molecular complexity index is 156. The lowest BCUT2D eigenvalue weighted by atomic mass is 10.2. The summed E-state index contributed by atoms with van der Waals surface area (Å²) in [7, 11) is 0. The topological polar surface area (TPSA) is 43.7 Å². The van der Waals surface area contributed by atoms with E-state index in [0.29, 0.717) is 0 Å². The van der Waals surface area contributed by atoms with Gasteiger partial charge in [-0.1, -0.05) is 0 Å². The molecule has 0 aliphatic carbocycles. The van der Waals surface area contributed by atoms with E-state index in [9.17, 15) is 22.7 Å². The number of hydrogen-bond donors (Lipinski definition) is 0. The van der Waals surface area contributed by atoms with Gasteiger partial charge in [-0.3, -0.25) is 0 Å². The minimum atomic E-state index is -5.36. The predicted molar refractivity (Wildman–Crippen MR) is 20.8 cm³/mol. The van der Waals surface area contributed by atoms with Crippen molar-refractivity contribution in [2.75, 3.05) is 0 Å². The van der Waals surface area contributed by atoms with Crippen LogP contribution in [0.25, 0.3) is 0 Å². The molecule has 0 aliphatic heterocycles. The van der Waals surface area contributed by atoms with Gasteiger partial charge in [-0.25, -0.2) is 0 Å². The molecule has 0 aromatic carbocycles. The average molecular weight is 156 g/mol. The van der Waals surface area contributed by atoms with Gasteiger partial charge in [-0.05, 0) is 0 Å². The Labute approximate surface area is 53.7 Å². The molecule has 0 fully saturated rings. The summed E-state index contributed by atoms with van der Waals surface area (Å²) < 4.78 is 45.8. The van der Waals surface area contributed by atoms with E-state index in [2.05, 4.69) is 0 Å². The summed E-state index contributed by atoms with van der Waals surface area (Å²) in [5, 5.41) is 16.8. The second-order valence-corrected chi connectivity index (χ2v) is 1.56. The molecule has 0 aromatic heterocycles. The van der Waals surface area contributed by atoms with E-state index in [1.165, 1.54) is 0 Å². The largest absolute Gasteiger partial charge is 0.446 e. The maximum absolute atomic E-state index is 11.6. The third kappa shape index (κ3) is 1.84. The molecular weight excluding hydrogens is 154 g/mol. The van der Waals surface area contributed by atoms with Crippen molar-refractivity contribution in [3.8, 4) is 6.07 Å². The minimum Gasteiger partial charge on any atom is -0.198 e. The zero-order valence-corrected chi connectivity index (χ0v) is 4.57. The van der Waals surface area contributed by atoms with Crippen molar-refractivity contribution in [3.05, 3.63) is 0 Å². The lowest BCUT2D eigenvalue weighted by Gasteiger charge is -2.15. The van der Waals surface area contributed by atoms with Gasteiger partial charge in [0.25, 0.3) is 0 Å². The van der Waals surface area contributed by atoms with Gasteiger partial charge in [0.15, 0.2) is 0 Å². The molecular formula is C4H2F4NO. The molecule has 0 bridgehead atoms. The summed E-state index contributed by atoms with van der Waals surface area (Å²) in [5.41, 5.74) is 0. The fourth-order valence-corrected chi connectivity index (χ4v) is 0.202. The Hall–Kier alpha value is -0.830. The van der Waals surface area contributed by atoms with Crippen molar-refractivity contribution in [3.63, 3.8) is 0 Å². The van der Waals surface area contributed by atoms with Crippen molar-refractivity contribution in [2.24, 2.45) is 0 Å². The fourth-order valence-electron chi connectivity index (χ4n) is 0.202. The van der Waals surface area contributed by atoms with Crippen molar-refractivity contribution in [1.82, 2.24) is 0 Å². The van der Waals surface area contributed by atoms with Gasteiger partial charge in [0.1, 0.15) is 6.42 Å². The second-order valence-electron chi connectivity index (χ2n) is 1.56. The molecule has 6 heteroatoms. The molecule has 2 nitrogen and oxygen atoms in total. The van der Waals surface area contributed by atoms with Gasteiger partial charge < -0.3 is 0 Å². The lowest BCUT2D eigenvalue weighted by molar-refractivity contribution is -0.351. The third-order valence-electron chi connectivity index (χ3n) is 0.727. The summed E-state index contributed by atoms with van der Waals surface area (Å²) in [5.74, 6) is -4.76. The average Bonchev–Trinajstić information content (AvgIpc) is 1.61. The normalized spacial score (nSPS) is 12.8. The highest BCUT2D eigenvalue weighted by Gasteiger charge is 2.56. The van der Waals surface area contributed by atoms with Crippen molar-refractivity contribution in [2.45, 2.75) is 18.5 Å². The number of alkyl halides is 4. The van der Waals surface area contributed by atoms with Gasteiger partial charge in [0.2, 0.25) is 0 Å². The van der Waals surface area contributed by atoms with Gasteiger partial charge in [-0.15, -0.1) is 0 Å². The maximum Gasteiger partial charge on any atom is 0.446 e. The van der Waals surface area contributed by atoms with Gasteiger partial charge in [0, 0.05) is 0 Å². The fraction of sp³-hybridized carbons (Fsp3) is 0.750. The van der Waals surface area contributed by atoms with Crippen LogP contribution in [-0.2, 0) is 5.11 Å². The number of nitriles is 1. The first-order valence-electron chi connectivity index (χ1n) is 2.14. The van der Waals surface area contributed by atoms with Crippen LogP contribution in [0.15, 0.2) is 0 Å². The third-order valence-corrected chi connectivity index (χ3v) is 0.727. The molecule has 1 radical (unpaired) electrons. The van der Waals surface area contributed by atoms with Gasteiger partial charge in [-0.2, -0.15) is 27.9 Å². The van der Waals surface area contributed by atoms with E-state index >= 15 is 0 Å². The van der Waals surface area contributed by atoms with E-state index in [1.807, 2.05) is 0 Å². The first kappa shape index (κ1) is 9.17. The highest BCUT2D eigenvalue weighted by Crippen LogP contribution is 2.34. The SMILES string of the molecule is N#CCC(F)(F)C([O])(F)F.